The lowest BCUT2D eigenvalue weighted by atomic mass is 9.95. The second-order valence-electron chi connectivity index (χ2n) is 8.26. The summed E-state index contributed by atoms with van der Waals surface area (Å²) in [6.45, 7) is -0.141. The molecule has 1 N–H and O–H groups in total. The van der Waals surface area contributed by atoms with Crippen LogP contribution in [0.5, 0.6) is 11.5 Å². The number of nitrogens with zero attached hydrogens (tertiary/aromatic N) is 1. The first-order chi connectivity index (χ1) is 14.5. The van der Waals surface area contributed by atoms with Crippen LogP contribution in [-0.4, -0.2) is 51.5 Å². The minimum Gasteiger partial charge on any atom is -0.493 e. The summed E-state index contributed by atoms with van der Waals surface area (Å²) in [6.07, 6.45) is 9.99. The van der Waals surface area contributed by atoms with Gasteiger partial charge in [0.25, 0.3) is 0 Å². The van der Waals surface area contributed by atoms with E-state index in [2.05, 4.69) is 5.32 Å². The molecular formula is C22H34N2O5S. The number of carbonyl (C=O) groups excluding carboxylic acids is 1. The van der Waals surface area contributed by atoms with E-state index in [1.54, 1.807) is 6.07 Å². The Morgan fingerprint density at radius 1 is 0.967 bits per heavy atom. The van der Waals surface area contributed by atoms with E-state index in [1.165, 1.54) is 37.1 Å². The maximum Gasteiger partial charge on any atom is 0.243 e. The first-order valence-electron chi connectivity index (χ1n) is 11.0. The van der Waals surface area contributed by atoms with Gasteiger partial charge in [0.1, 0.15) is 0 Å². The number of hydrogen-bond donors (Lipinski definition) is 1. The van der Waals surface area contributed by atoms with Crippen molar-refractivity contribution < 1.29 is 22.7 Å². The Labute approximate surface area is 180 Å². The van der Waals surface area contributed by atoms with E-state index in [4.69, 9.17) is 9.47 Å². The van der Waals surface area contributed by atoms with Gasteiger partial charge in [-0.3, -0.25) is 4.79 Å². The van der Waals surface area contributed by atoms with E-state index in [0.29, 0.717) is 11.5 Å². The Kier molecular flexibility index (Phi) is 7.99. The largest absolute Gasteiger partial charge is 0.493 e. The number of amides is 1. The Morgan fingerprint density at radius 3 is 2.17 bits per heavy atom. The molecular weight excluding hydrogens is 404 g/mol. The van der Waals surface area contributed by atoms with Crippen molar-refractivity contribution in [2.45, 2.75) is 81.2 Å². The van der Waals surface area contributed by atoms with E-state index >= 15 is 0 Å². The number of carbonyl (C=O) groups is 1. The maximum atomic E-state index is 13.6. The summed E-state index contributed by atoms with van der Waals surface area (Å²) >= 11 is 0. The summed E-state index contributed by atoms with van der Waals surface area (Å²) in [7, 11) is -0.870. The molecule has 1 aromatic carbocycles. The van der Waals surface area contributed by atoms with Gasteiger partial charge in [-0.1, -0.05) is 38.5 Å². The minimum atomic E-state index is -3.86. The van der Waals surface area contributed by atoms with Crippen molar-refractivity contribution in [3.8, 4) is 11.5 Å². The van der Waals surface area contributed by atoms with Crippen LogP contribution in [0.25, 0.3) is 0 Å². The van der Waals surface area contributed by atoms with E-state index in [1.807, 2.05) is 0 Å². The first kappa shape index (κ1) is 22.9. The first-order valence-corrected chi connectivity index (χ1v) is 12.4. The topological polar surface area (TPSA) is 84.9 Å². The van der Waals surface area contributed by atoms with Gasteiger partial charge in [0.15, 0.2) is 11.5 Å². The predicted octanol–water partition coefficient (Wildman–Crippen LogP) is 3.48. The van der Waals surface area contributed by atoms with Crippen LogP contribution in [0, 0.1) is 0 Å². The normalized spacial score (nSPS) is 18.9. The molecule has 0 bridgehead atoms. The number of rotatable bonds is 8. The van der Waals surface area contributed by atoms with Crippen LogP contribution in [0.15, 0.2) is 23.1 Å². The smallest absolute Gasteiger partial charge is 0.243 e. The molecule has 1 amide bonds. The standard InChI is InChI=1S/C22H34N2O5S/c1-28-20-14-13-19(15-21(20)29-2)30(26,27)24(18-11-7-4-8-12-18)16-22(25)23-17-9-5-3-6-10-17/h13-15,17-18H,3-12,16H2,1-2H3,(H,23,25). The van der Waals surface area contributed by atoms with Gasteiger partial charge in [-0.15, -0.1) is 0 Å². The van der Waals surface area contributed by atoms with Crippen LogP contribution in [0.1, 0.15) is 64.2 Å². The number of benzene rings is 1. The fourth-order valence-electron chi connectivity index (χ4n) is 4.55. The Bertz CT molecular complexity index is 815. The summed E-state index contributed by atoms with van der Waals surface area (Å²) in [6, 6.07) is 4.58. The molecule has 2 aliphatic rings. The van der Waals surface area contributed by atoms with Gasteiger partial charge < -0.3 is 14.8 Å². The predicted molar refractivity (Wildman–Crippen MR) is 115 cm³/mol. The SMILES string of the molecule is COc1ccc(S(=O)(=O)N(CC(=O)NC2CCCCC2)C2CCCCC2)cc1OC. The quantitative estimate of drug-likeness (QED) is 0.672. The summed E-state index contributed by atoms with van der Waals surface area (Å²) in [5.41, 5.74) is 0. The summed E-state index contributed by atoms with van der Waals surface area (Å²) in [5, 5.41) is 3.06. The molecule has 1 aromatic rings. The molecule has 0 aliphatic heterocycles. The second-order valence-corrected chi connectivity index (χ2v) is 10.2. The molecule has 2 saturated carbocycles. The third kappa shape index (κ3) is 5.46. The van der Waals surface area contributed by atoms with Crippen LogP contribution >= 0.6 is 0 Å². The van der Waals surface area contributed by atoms with Crippen LogP contribution in [0.4, 0.5) is 0 Å². The molecule has 7 nitrogen and oxygen atoms in total. The lowest BCUT2D eigenvalue weighted by Crippen LogP contribution is -2.49. The average Bonchev–Trinajstić information content (AvgIpc) is 2.78. The van der Waals surface area contributed by atoms with Crippen molar-refractivity contribution in [3.05, 3.63) is 18.2 Å². The highest BCUT2D eigenvalue weighted by Crippen LogP contribution is 2.33. The van der Waals surface area contributed by atoms with Crippen molar-refractivity contribution in [1.82, 2.24) is 9.62 Å². The van der Waals surface area contributed by atoms with Gasteiger partial charge >= 0.3 is 0 Å². The molecule has 0 unspecified atom stereocenters. The number of hydrogen-bond acceptors (Lipinski definition) is 5. The van der Waals surface area contributed by atoms with Gasteiger partial charge in [-0.25, -0.2) is 8.42 Å². The van der Waals surface area contributed by atoms with Gasteiger partial charge in [0.2, 0.25) is 15.9 Å². The molecule has 8 heteroatoms. The third-order valence-corrected chi connectivity index (χ3v) is 8.11. The van der Waals surface area contributed by atoms with Gasteiger partial charge in [-0.05, 0) is 37.8 Å². The fraction of sp³-hybridized carbons (Fsp3) is 0.682. The van der Waals surface area contributed by atoms with E-state index in [9.17, 15) is 13.2 Å². The Morgan fingerprint density at radius 2 is 1.57 bits per heavy atom. The van der Waals surface area contributed by atoms with Crippen molar-refractivity contribution in [3.63, 3.8) is 0 Å². The second kappa shape index (κ2) is 10.5. The van der Waals surface area contributed by atoms with Crippen LogP contribution < -0.4 is 14.8 Å². The lowest BCUT2D eigenvalue weighted by molar-refractivity contribution is -0.122. The molecule has 0 heterocycles. The monoisotopic (exact) mass is 438 g/mol. The Balaban J connectivity index is 1.84. The van der Waals surface area contributed by atoms with Gasteiger partial charge in [0.05, 0.1) is 25.7 Å². The van der Waals surface area contributed by atoms with Crippen molar-refractivity contribution in [2.75, 3.05) is 20.8 Å². The highest BCUT2D eigenvalue weighted by atomic mass is 32.2. The molecule has 0 aromatic heterocycles. The van der Waals surface area contributed by atoms with Crippen LogP contribution in [-0.2, 0) is 14.8 Å². The highest BCUT2D eigenvalue weighted by Gasteiger charge is 2.35. The number of ether oxygens (including phenoxy) is 2. The maximum absolute atomic E-state index is 13.6. The molecule has 0 radical (unpaired) electrons. The fourth-order valence-corrected chi connectivity index (χ4v) is 6.21. The zero-order valence-corrected chi connectivity index (χ0v) is 18.9. The molecule has 2 fully saturated rings. The molecule has 3 rings (SSSR count). The molecule has 2 aliphatic carbocycles. The highest BCUT2D eigenvalue weighted by molar-refractivity contribution is 7.89. The van der Waals surface area contributed by atoms with Crippen molar-refractivity contribution in [1.29, 1.82) is 0 Å². The summed E-state index contributed by atoms with van der Waals surface area (Å²) in [4.78, 5) is 12.9. The molecule has 0 spiro atoms. The number of sulfonamides is 1. The van der Waals surface area contributed by atoms with Crippen LogP contribution in [0.3, 0.4) is 0 Å². The van der Waals surface area contributed by atoms with E-state index < -0.39 is 10.0 Å². The van der Waals surface area contributed by atoms with Crippen molar-refractivity contribution >= 4 is 15.9 Å². The van der Waals surface area contributed by atoms with E-state index in [0.717, 1.165) is 57.8 Å². The minimum absolute atomic E-state index is 0.121. The number of nitrogens with one attached hydrogen (secondary N) is 1. The number of methoxy groups -OCH3 is 2. The summed E-state index contributed by atoms with van der Waals surface area (Å²) < 4.78 is 39.1. The van der Waals surface area contributed by atoms with Gasteiger partial charge in [0, 0.05) is 18.2 Å². The third-order valence-electron chi connectivity index (χ3n) is 6.21. The zero-order valence-electron chi connectivity index (χ0n) is 18.1. The molecule has 30 heavy (non-hydrogen) atoms. The molecule has 0 saturated heterocycles. The Hall–Kier alpha value is -1.80. The lowest BCUT2D eigenvalue weighted by Gasteiger charge is -2.33. The van der Waals surface area contributed by atoms with Gasteiger partial charge in [-0.2, -0.15) is 4.31 Å². The molecule has 0 atom stereocenters. The van der Waals surface area contributed by atoms with Crippen molar-refractivity contribution in [2.24, 2.45) is 0 Å². The summed E-state index contributed by atoms with van der Waals surface area (Å²) in [5.74, 6) is 0.612. The molecule has 168 valence electrons. The zero-order chi connectivity index (χ0) is 21.6. The van der Waals surface area contributed by atoms with Crippen LogP contribution in [0.2, 0.25) is 0 Å². The van der Waals surface area contributed by atoms with E-state index in [-0.39, 0.29) is 29.4 Å². The average molecular weight is 439 g/mol.